The Morgan fingerprint density at radius 1 is 0.318 bits per heavy atom. The van der Waals surface area contributed by atoms with E-state index in [1.807, 2.05) is 0 Å². The third-order valence-electron chi connectivity index (χ3n) is 11.9. The quantitative estimate of drug-likeness (QED) is 0.0262. The molecule has 380 valence electrons. The fraction of sp³-hybridized carbons (Fsp3) is 0.750. The van der Waals surface area contributed by atoms with Gasteiger partial charge in [0.2, 0.25) is 0 Å². The van der Waals surface area contributed by atoms with E-state index in [1.165, 1.54) is 128 Å². The van der Waals surface area contributed by atoms with Crippen LogP contribution in [0.25, 0.3) is 0 Å². The summed E-state index contributed by atoms with van der Waals surface area (Å²) in [6.07, 6.45) is 68.9. The van der Waals surface area contributed by atoms with Crippen LogP contribution in [0.4, 0.5) is 0 Å². The molecule has 0 rings (SSSR count). The van der Waals surface area contributed by atoms with Crippen molar-refractivity contribution in [2.45, 2.75) is 277 Å². The van der Waals surface area contributed by atoms with Crippen LogP contribution in [-0.2, 0) is 28.6 Å². The minimum Gasteiger partial charge on any atom is -0.462 e. The minimum atomic E-state index is -0.783. The van der Waals surface area contributed by atoms with Crippen LogP contribution >= 0.6 is 0 Å². The molecule has 0 aliphatic heterocycles. The summed E-state index contributed by atoms with van der Waals surface area (Å²) < 4.78 is 16.8. The summed E-state index contributed by atoms with van der Waals surface area (Å²) >= 11 is 0. The van der Waals surface area contributed by atoms with Crippen LogP contribution in [0.2, 0.25) is 0 Å². The van der Waals surface area contributed by atoms with E-state index in [0.717, 1.165) is 103 Å². The standard InChI is InChI=1S/C60H104O6/c1-4-7-10-13-16-19-22-24-26-27-28-29-30-31-32-33-34-36-38-41-44-47-50-53-59(62)65-56-57(55-64-58(61)52-49-46-43-40-37-21-18-15-12-9-6-3)66-60(63)54-51-48-45-42-39-35-25-23-20-17-14-11-8-5-2/h7,10,15-16,18-19,23-26,28-29,57H,4-6,8-9,11-14,17,20-22,27,30-56H2,1-3H3/b10-7-,18-15-,19-16-,25-23-,26-24-,29-28-. The highest BCUT2D eigenvalue weighted by Crippen LogP contribution is 2.15. The molecule has 0 aliphatic carbocycles. The van der Waals surface area contributed by atoms with E-state index in [9.17, 15) is 14.4 Å². The number of rotatable bonds is 50. The second-order valence-corrected chi connectivity index (χ2v) is 18.5. The Hall–Kier alpha value is -3.15. The SMILES string of the molecule is CC/C=C\C/C=C\C/C=C\C/C=C\CCCCCCCCCCCCC(=O)OCC(COC(=O)CCCCCCC/C=C\CCCC)OC(=O)CCCCCCC/C=C\CCCCCCC. The predicted molar refractivity (Wildman–Crippen MR) is 284 cm³/mol. The second kappa shape index (κ2) is 54.5. The van der Waals surface area contributed by atoms with Gasteiger partial charge in [0.05, 0.1) is 0 Å². The first-order valence-corrected chi connectivity index (χ1v) is 27.9. The number of carbonyl (C=O) groups is 3. The van der Waals surface area contributed by atoms with Gasteiger partial charge in [-0.3, -0.25) is 14.4 Å². The molecule has 0 aromatic heterocycles. The number of unbranched alkanes of at least 4 members (excludes halogenated alkanes) is 27. The van der Waals surface area contributed by atoms with Gasteiger partial charge in [-0.15, -0.1) is 0 Å². The summed E-state index contributed by atoms with van der Waals surface area (Å²) in [5, 5.41) is 0. The molecule has 1 unspecified atom stereocenters. The first-order valence-electron chi connectivity index (χ1n) is 27.9. The Morgan fingerprint density at radius 2 is 0.606 bits per heavy atom. The van der Waals surface area contributed by atoms with Gasteiger partial charge in [0.15, 0.2) is 6.10 Å². The molecule has 0 amide bonds. The van der Waals surface area contributed by atoms with Crippen LogP contribution in [0.3, 0.4) is 0 Å². The van der Waals surface area contributed by atoms with Crippen LogP contribution in [0, 0.1) is 0 Å². The van der Waals surface area contributed by atoms with E-state index in [1.54, 1.807) is 0 Å². The molecule has 0 aliphatic rings. The number of allylic oxidation sites excluding steroid dienone is 12. The van der Waals surface area contributed by atoms with Gasteiger partial charge >= 0.3 is 17.9 Å². The molecule has 6 heteroatoms. The zero-order valence-corrected chi connectivity index (χ0v) is 43.4. The Morgan fingerprint density at radius 3 is 0.985 bits per heavy atom. The topological polar surface area (TPSA) is 78.9 Å². The lowest BCUT2D eigenvalue weighted by Gasteiger charge is -2.18. The Bertz CT molecular complexity index is 1240. The molecular weight excluding hydrogens is 817 g/mol. The zero-order valence-electron chi connectivity index (χ0n) is 43.4. The summed E-state index contributed by atoms with van der Waals surface area (Å²) in [6, 6.07) is 0. The molecule has 0 saturated carbocycles. The van der Waals surface area contributed by atoms with Gasteiger partial charge in [0, 0.05) is 19.3 Å². The third-order valence-corrected chi connectivity index (χ3v) is 11.9. The monoisotopic (exact) mass is 921 g/mol. The molecule has 0 N–H and O–H groups in total. The van der Waals surface area contributed by atoms with E-state index < -0.39 is 6.10 Å². The van der Waals surface area contributed by atoms with E-state index >= 15 is 0 Å². The molecule has 6 nitrogen and oxygen atoms in total. The molecule has 0 aromatic carbocycles. The largest absolute Gasteiger partial charge is 0.462 e. The molecule has 0 aromatic rings. The highest BCUT2D eigenvalue weighted by atomic mass is 16.6. The minimum absolute atomic E-state index is 0.0829. The van der Waals surface area contributed by atoms with E-state index in [-0.39, 0.29) is 31.1 Å². The Labute approximate surface area is 408 Å². The molecule has 1 atom stereocenters. The van der Waals surface area contributed by atoms with Crippen LogP contribution < -0.4 is 0 Å². The molecule has 0 radical (unpaired) electrons. The van der Waals surface area contributed by atoms with Crippen molar-refractivity contribution in [2.75, 3.05) is 13.2 Å². The van der Waals surface area contributed by atoms with Crippen LogP contribution in [0.5, 0.6) is 0 Å². The summed E-state index contributed by atoms with van der Waals surface area (Å²) in [7, 11) is 0. The van der Waals surface area contributed by atoms with Crippen LogP contribution in [-0.4, -0.2) is 37.2 Å². The lowest BCUT2D eigenvalue weighted by atomic mass is 10.1. The van der Waals surface area contributed by atoms with Gasteiger partial charge in [0.1, 0.15) is 13.2 Å². The normalized spacial score (nSPS) is 12.6. The van der Waals surface area contributed by atoms with Crippen LogP contribution in [0.15, 0.2) is 72.9 Å². The van der Waals surface area contributed by atoms with E-state index in [4.69, 9.17) is 14.2 Å². The highest BCUT2D eigenvalue weighted by Gasteiger charge is 2.19. The molecule has 66 heavy (non-hydrogen) atoms. The number of esters is 3. The number of hydrogen-bond acceptors (Lipinski definition) is 6. The van der Waals surface area contributed by atoms with Crippen molar-refractivity contribution >= 4 is 17.9 Å². The van der Waals surface area contributed by atoms with E-state index in [2.05, 4.69) is 93.7 Å². The van der Waals surface area contributed by atoms with Gasteiger partial charge in [-0.1, -0.05) is 222 Å². The summed E-state index contributed by atoms with van der Waals surface area (Å²) in [6.45, 7) is 6.47. The van der Waals surface area contributed by atoms with Crippen molar-refractivity contribution in [2.24, 2.45) is 0 Å². The number of hydrogen-bond donors (Lipinski definition) is 0. The number of carbonyl (C=O) groups excluding carboxylic acids is 3. The second-order valence-electron chi connectivity index (χ2n) is 18.5. The Balaban J connectivity index is 4.30. The predicted octanol–water partition coefficient (Wildman–Crippen LogP) is 18.6. The fourth-order valence-electron chi connectivity index (χ4n) is 7.70. The van der Waals surface area contributed by atoms with Gasteiger partial charge in [-0.2, -0.15) is 0 Å². The van der Waals surface area contributed by atoms with Gasteiger partial charge in [-0.25, -0.2) is 0 Å². The average molecular weight is 921 g/mol. The van der Waals surface area contributed by atoms with Crippen molar-refractivity contribution in [3.8, 4) is 0 Å². The molecule has 0 heterocycles. The lowest BCUT2D eigenvalue weighted by Crippen LogP contribution is -2.30. The van der Waals surface area contributed by atoms with Gasteiger partial charge in [-0.05, 0) is 103 Å². The average Bonchev–Trinajstić information content (AvgIpc) is 3.31. The smallest absolute Gasteiger partial charge is 0.306 e. The molecule has 0 spiro atoms. The molecule has 0 bridgehead atoms. The van der Waals surface area contributed by atoms with Crippen molar-refractivity contribution < 1.29 is 28.6 Å². The van der Waals surface area contributed by atoms with Crippen molar-refractivity contribution in [1.82, 2.24) is 0 Å². The lowest BCUT2D eigenvalue weighted by molar-refractivity contribution is -0.167. The van der Waals surface area contributed by atoms with Crippen LogP contribution in [0.1, 0.15) is 271 Å². The third kappa shape index (κ3) is 51.8. The van der Waals surface area contributed by atoms with Crippen molar-refractivity contribution in [1.29, 1.82) is 0 Å². The number of ether oxygens (including phenoxy) is 3. The molecule has 0 fully saturated rings. The van der Waals surface area contributed by atoms with Crippen molar-refractivity contribution in [3.63, 3.8) is 0 Å². The summed E-state index contributed by atoms with van der Waals surface area (Å²) in [5.74, 6) is -0.900. The fourth-order valence-corrected chi connectivity index (χ4v) is 7.70. The molecular formula is C60H104O6. The van der Waals surface area contributed by atoms with E-state index in [0.29, 0.717) is 19.3 Å². The highest BCUT2D eigenvalue weighted by molar-refractivity contribution is 5.71. The van der Waals surface area contributed by atoms with Crippen molar-refractivity contribution in [3.05, 3.63) is 72.9 Å². The first kappa shape index (κ1) is 62.8. The zero-order chi connectivity index (χ0) is 47.9. The summed E-state index contributed by atoms with van der Waals surface area (Å²) in [4.78, 5) is 38.0. The van der Waals surface area contributed by atoms with Gasteiger partial charge in [0.25, 0.3) is 0 Å². The first-order chi connectivity index (χ1) is 32.5. The van der Waals surface area contributed by atoms with Gasteiger partial charge < -0.3 is 14.2 Å². The molecule has 0 saturated heterocycles. The maximum absolute atomic E-state index is 12.8. The Kier molecular flexibility index (Phi) is 51.9. The maximum atomic E-state index is 12.8. The summed E-state index contributed by atoms with van der Waals surface area (Å²) in [5.41, 5.74) is 0. The maximum Gasteiger partial charge on any atom is 0.306 e.